The summed E-state index contributed by atoms with van der Waals surface area (Å²) in [5, 5.41) is 3.04. The van der Waals surface area contributed by atoms with Crippen molar-refractivity contribution in [2.75, 3.05) is 48.7 Å². The number of hydrogen-bond acceptors (Lipinski definition) is 4. The van der Waals surface area contributed by atoms with Gasteiger partial charge in [-0.25, -0.2) is 0 Å². The highest BCUT2D eigenvalue weighted by Crippen LogP contribution is 2.30. The molecule has 1 saturated heterocycles. The lowest BCUT2D eigenvalue weighted by Gasteiger charge is -2.36. The number of carbonyl (C=O) groups excluding carboxylic acids is 1. The van der Waals surface area contributed by atoms with Gasteiger partial charge in [-0.05, 0) is 24.7 Å². The Morgan fingerprint density at radius 3 is 2.41 bits per heavy atom. The van der Waals surface area contributed by atoms with Gasteiger partial charge in [0.1, 0.15) is 0 Å². The molecule has 1 heterocycles. The molecule has 0 bridgehead atoms. The number of benzene rings is 1. The summed E-state index contributed by atoms with van der Waals surface area (Å²) in [7, 11) is 0. The van der Waals surface area contributed by atoms with E-state index in [0.29, 0.717) is 5.69 Å². The van der Waals surface area contributed by atoms with E-state index in [0.717, 1.165) is 44.1 Å². The van der Waals surface area contributed by atoms with Crippen LogP contribution in [-0.4, -0.2) is 43.5 Å². The van der Waals surface area contributed by atoms with Gasteiger partial charge in [0, 0.05) is 37.3 Å². The number of rotatable bonds is 3. The third kappa shape index (κ3) is 3.91. The van der Waals surface area contributed by atoms with Gasteiger partial charge in [0.15, 0.2) is 0 Å². The van der Waals surface area contributed by atoms with Gasteiger partial charge in [-0.15, -0.1) is 0 Å². The molecule has 0 radical (unpaired) electrons. The molecule has 22 heavy (non-hydrogen) atoms. The van der Waals surface area contributed by atoms with Crippen LogP contribution in [0.15, 0.2) is 18.2 Å². The number of nitrogens with one attached hydrogen (secondary N) is 1. The lowest BCUT2D eigenvalue weighted by molar-refractivity contribution is -0.123. The zero-order valence-electron chi connectivity index (χ0n) is 14.1. The number of hydrogen-bond donors (Lipinski definition) is 2. The second-order valence-electron chi connectivity index (χ2n) is 6.90. The van der Waals surface area contributed by atoms with Gasteiger partial charge in [-0.2, -0.15) is 0 Å². The third-order valence-corrected chi connectivity index (χ3v) is 4.11. The number of piperazine rings is 1. The van der Waals surface area contributed by atoms with E-state index in [2.05, 4.69) is 22.0 Å². The van der Waals surface area contributed by atoms with Crippen LogP contribution in [0.3, 0.4) is 0 Å². The van der Waals surface area contributed by atoms with Crippen molar-refractivity contribution in [3.63, 3.8) is 0 Å². The summed E-state index contributed by atoms with van der Waals surface area (Å²) in [6.45, 7) is 13.0. The zero-order chi connectivity index (χ0) is 16.3. The molecule has 0 unspecified atom stereocenters. The predicted octanol–water partition coefficient (Wildman–Crippen LogP) is 2.40. The molecule has 122 valence electrons. The lowest BCUT2D eigenvalue weighted by Crippen LogP contribution is -2.46. The largest absolute Gasteiger partial charge is 0.399 e. The summed E-state index contributed by atoms with van der Waals surface area (Å²) < 4.78 is 0. The average molecular weight is 304 g/mol. The maximum absolute atomic E-state index is 12.3. The highest BCUT2D eigenvalue weighted by atomic mass is 16.2. The first-order valence-corrected chi connectivity index (χ1v) is 7.99. The normalized spacial score (nSPS) is 16.6. The Morgan fingerprint density at radius 1 is 1.23 bits per heavy atom. The average Bonchev–Trinajstić information content (AvgIpc) is 2.47. The van der Waals surface area contributed by atoms with E-state index in [9.17, 15) is 4.79 Å². The molecule has 1 amide bonds. The molecule has 0 saturated carbocycles. The first-order valence-electron chi connectivity index (χ1n) is 7.99. The summed E-state index contributed by atoms with van der Waals surface area (Å²) >= 11 is 0. The molecule has 0 aliphatic carbocycles. The van der Waals surface area contributed by atoms with Crippen LogP contribution in [0.5, 0.6) is 0 Å². The summed E-state index contributed by atoms with van der Waals surface area (Å²) in [6, 6.07) is 5.76. The fourth-order valence-electron chi connectivity index (χ4n) is 2.54. The second-order valence-corrected chi connectivity index (χ2v) is 6.90. The Balaban J connectivity index is 2.19. The number of carbonyl (C=O) groups is 1. The molecule has 1 aromatic carbocycles. The highest BCUT2D eigenvalue weighted by molar-refractivity contribution is 5.98. The molecular weight excluding hydrogens is 276 g/mol. The van der Waals surface area contributed by atoms with Crippen molar-refractivity contribution in [2.24, 2.45) is 5.41 Å². The van der Waals surface area contributed by atoms with Crippen molar-refractivity contribution >= 4 is 23.0 Å². The van der Waals surface area contributed by atoms with Crippen LogP contribution in [-0.2, 0) is 4.79 Å². The standard InChI is InChI=1S/C17H28N4O/c1-5-20-8-10-21(11-9-20)15-7-6-13(18)12-14(15)19-16(22)17(2,3)4/h6-7,12H,5,8-11,18H2,1-4H3,(H,19,22). The van der Waals surface area contributed by atoms with Gasteiger partial charge in [0.2, 0.25) is 5.91 Å². The fourth-order valence-corrected chi connectivity index (χ4v) is 2.54. The minimum Gasteiger partial charge on any atom is -0.399 e. The smallest absolute Gasteiger partial charge is 0.229 e. The van der Waals surface area contributed by atoms with Gasteiger partial charge >= 0.3 is 0 Å². The molecule has 0 aromatic heterocycles. The van der Waals surface area contributed by atoms with E-state index < -0.39 is 5.41 Å². The molecule has 5 nitrogen and oxygen atoms in total. The third-order valence-electron chi connectivity index (χ3n) is 4.11. The van der Waals surface area contributed by atoms with Gasteiger partial charge in [-0.1, -0.05) is 27.7 Å². The minimum absolute atomic E-state index is 0.00606. The Bertz CT molecular complexity index is 528. The van der Waals surface area contributed by atoms with E-state index in [1.54, 1.807) is 0 Å². The first kappa shape index (κ1) is 16.6. The van der Waals surface area contributed by atoms with Crippen molar-refractivity contribution < 1.29 is 4.79 Å². The fraction of sp³-hybridized carbons (Fsp3) is 0.588. The van der Waals surface area contributed by atoms with Crippen molar-refractivity contribution in [1.82, 2.24) is 4.90 Å². The van der Waals surface area contributed by atoms with Crippen LogP contribution in [0, 0.1) is 5.41 Å². The monoisotopic (exact) mass is 304 g/mol. The topological polar surface area (TPSA) is 61.6 Å². The predicted molar refractivity (Wildman–Crippen MR) is 93.3 cm³/mol. The Labute approximate surface area is 133 Å². The van der Waals surface area contributed by atoms with E-state index >= 15 is 0 Å². The van der Waals surface area contributed by atoms with E-state index in [-0.39, 0.29) is 5.91 Å². The SMILES string of the molecule is CCN1CCN(c2ccc(N)cc2NC(=O)C(C)(C)C)CC1. The van der Waals surface area contributed by atoms with Crippen LogP contribution >= 0.6 is 0 Å². The number of nitrogens with zero attached hydrogens (tertiary/aromatic N) is 2. The quantitative estimate of drug-likeness (QED) is 0.842. The Morgan fingerprint density at radius 2 is 1.86 bits per heavy atom. The number of nitrogens with two attached hydrogens (primary N) is 1. The molecule has 2 rings (SSSR count). The van der Waals surface area contributed by atoms with Crippen molar-refractivity contribution in [2.45, 2.75) is 27.7 Å². The van der Waals surface area contributed by atoms with Crippen molar-refractivity contribution in [1.29, 1.82) is 0 Å². The molecule has 5 heteroatoms. The number of anilines is 3. The van der Waals surface area contributed by atoms with Crippen LogP contribution in [0.2, 0.25) is 0 Å². The molecule has 1 aromatic rings. The highest BCUT2D eigenvalue weighted by Gasteiger charge is 2.24. The maximum atomic E-state index is 12.3. The minimum atomic E-state index is -0.428. The number of amides is 1. The van der Waals surface area contributed by atoms with Gasteiger partial charge < -0.3 is 20.9 Å². The summed E-state index contributed by atoms with van der Waals surface area (Å²) in [5.41, 5.74) is 8.01. The summed E-state index contributed by atoms with van der Waals surface area (Å²) in [5.74, 6) is 0.00606. The molecule has 1 aliphatic rings. The van der Waals surface area contributed by atoms with Gasteiger partial charge in [0.25, 0.3) is 0 Å². The molecule has 1 fully saturated rings. The van der Waals surface area contributed by atoms with Crippen LogP contribution in [0.25, 0.3) is 0 Å². The van der Waals surface area contributed by atoms with Crippen LogP contribution in [0.4, 0.5) is 17.1 Å². The maximum Gasteiger partial charge on any atom is 0.229 e. The van der Waals surface area contributed by atoms with E-state index in [1.165, 1.54) is 0 Å². The molecular formula is C17H28N4O. The van der Waals surface area contributed by atoms with Crippen molar-refractivity contribution in [3.8, 4) is 0 Å². The summed E-state index contributed by atoms with van der Waals surface area (Å²) in [6.07, 6.45) is 0. The zero-order valence-corrected chi connectivity index (χ0v) is 14.1. The van der Waals surface area contributed by atoms with Crippen molar-refractivity contribution in [3.05, 3.63) is 18.2 Å². The molecule has 1 aliphatic heterocycles. The van der Waals surface area contributed by atoms with E-state index in [1.807, 2.05) is 39.0 Å². The Hall–Kier alpha value is -1.75. The Kier molecular flexibility index (Phi) is 4.96. The number of nitrogen functional groups attached to an aromatic ring is 1. The molecule has 0 atom stereocenters. The van der Waals surface area contributed by atoms with Gasteiger partial charge in [-0.3, -0.25) is 4.79 Å². The second kappa shape index (κ2) is 6.57. The molecule has 0 spiro atoms. The van der Waals surface area contributed by atoms with Crippen LogP contribution in [0.1, 0.15) is 27.7 Å². The van der Waals surface area contributed by atoms with E-state index in [4.69, 9.17) is 5.73 Å². The lowest BCUT2D eigenvalue weighted by atomic mass is 9.95. The van der Waals surface area contributed by atoms with Crippen LogP contribution < -0.4 is 16.0 Å². The number of likely N-dealkylation sites (N-methyl/N-ethyl adjacent to an activating group) is 1. The van der Waals surface area contributed by atoms with Gasteiger partial charge in [0.05, 0.1) is 11.4 Å². The summed E-state index contributed by atoms with van der Waals surface area (Å²) in [4.78, 5) is 17.1. The molecule has 3 N–H and O–H groups in total. The first-order chi connectivity index (χ1) is 10.3.